The van der Waals surface area contributed by atoms with Gasteiger partial charge in [0.15, 0.2) is 0 Å². The molecule has 0 unspecified atom stereocenters. The van der Waals surface area contributed by atoms with Gasteiger partial charge in [0.05, 0.1) is 6.61 Å². The Morgan fingerprint density at radius 2 is 1.82 bits per heavy atom. The summed E-state index contributed by atoms with van der Waals surface area (Å²) in [6.45, 7) is 7.22. The normalized spacial score (nSPS) is 15.5. The second kappa shape index (κ2) is 14.1. The number of ether oxygens (including phenoxy) is 3. The van der Waals surface area contributed by atoms with Gasteiger partial charge in [-0.2, -0.15) is 0 Å². The van der Waals surface area contributed by atoms with E-state index in [9.17, 15) is 9.18 Å². The monoisotopic (exact) mass is 494 g/mol. The number of nitrogens with one attached hydrogen (secondary N) is 1. The summed E-state index contributed by atoms with van der Waals surface area (Å²) in [5, 5.41) is 3.40. The fourth-order valence-electron chi connectivity index (χ4n) is 4.04. The summed E-state index contributed by atoms with van der Waals surface area (Å²) in [6, 6.07) is 11.7. The molecule has 1 heterocycles. The Kier molecular flexibility index (Phi) is 11.6. The third-order valence-corrected chi connectivity index (χ3v) is 5.66. The van der Waals surface area contributed by atoms with E-state index < -0.39 is 0 Å². The molecular weight excluding hydrogens is 459 g/mol. The second-order valence-corrected chi connectivity index (χ2v) is 8.61. The van der Waals surface area contributed by atoms with Crippen molar-refractivity contribution in [1.29, 1.82) is 0 Å². The third kappa shape index (κ3) is 8.15. The minimum absolute atomic E-state index is 0. The standard InChI is InChI=1S/C26H35FN2O4.ClH/c1-19(2)29(23-6-4-11-28-17-23)26(30)21-14-24(32-13-5-12-31-3)16-25(15-21)33-18-20-7-9-22(27)10-8-20;/h7-10,14-16,19,23,28H,4-6,11-13,17-18H2,1-3H3;1H/t23-;/m1./s1. The number of hydrogen-bond donors (Lipinski definition) is 1. The van der Waals surface area contributed by atoms with E-state index in [2.05, 4.69) is 5.32 Å². The molecular formula is C26H36ClFN2O4. The van der Waals surface area contributed by atoms with Crippen molar-refractivity contribution in [2.45, 2.75) is 51.8 Å². The minimum Gasteiger partial charge on any atom is -0.493 e. The van der Waals surface area contributed by atoms with Crippen LogP contribution in [0.5, 0.6) is 11.5 Å². The average molecular weight is 495 g/mol. The number of amides is 1. The van der Waals surface area contributed by atoms with Gasteiger partial charge < -0.3 is 24.4 Å². The predicted molar refractivity (Wildman–Crippen MR) is 134 cm³/mol. The minimum atomic E-state index is -0.288. The van der Waals surface area contributed by atoms with Crippen LogP contribution in [-0.2, 0) is 11.3 Å². The van der Waals surface area contributed by atoms with Crippen LogP contribution in [0, 0.1) is 5.82 Å². The summed E-state index contributed by atoms with van der Waals surface area (Å²) < 4.78 is 30.2. The smallest absolute Gasteiger partial charge is 0.254 e. The Morgan fingerprint density at radius 3 is 2.44 bits per heavy atom. The molecule has 1 aliphatic heterocycles. The molecule has 1 atom stereocenters. The zero-order chi connectivity index (χ0) is 23.6. The van der Waals surface area contributed by atoms with Crippen LogP contribution in [0.4, 0.5) is 4.39 Å². The quantitative estimate of drug-likeness (QED) is 0.453. The molecule has 0 saturated carbocycles. The maximum Gasteiger partial charge on any atom is 0.254 e. The lowest BCUT2D eigenvalue weighted by molar-refractivity contribution is 0.0572. The highest BCUT2D eigenvalue weighted by atomic mass is 35.5. The number of carbonyl (C=O) groups excluding carboxylic acids is 1. The lowest BCUT2D eigenvalue weighted by atomic mass is 10.0. The highest BCUT2D eigenvalue weighted by molar-refractivity contribution is 5.95. The first kappa shape index (κ1) is 27.9. The van der Waals surface area contributed by atoms with Crippen molar-refractivity contribution < 1.29 is 23.4 Å². The van der Waals surface area contributed by atoms with Crippen LogP contribution in [-0.4, -0.2) is 56.3 Å². The van der Waals surface area contributed by atoms with E-state index in [-0.39, 0.29) is 42.8 Å². The van der Waals surface area contributed by atoms with Gasteiger partial charge >= 0.3 is 0 Å². The van der Waals surface area contributed by atoms with Crippen LogP contribution in [0.3, 0.4) is 0 Å². The number of hydrogen-bond acceptors (Lipinski definition) is 5. The summed E-state index contributed by atoms with van der Waals surface area (Å²) in [7, 11) is 1.65. The molecule has 0 aromatic heterocycles. The summed E-state index contributed by atoms with van der Waals surface area (Å²) >= 11 is 0. The van der Waals surface area contributed by atoms with Gasteiger partial charge in [0.2, 0.25) is 0 Å². The molecule has 0 radical (unpaired) electrons. The number of halogens is 2. The first-order chi connectivity index (χ1) is 16.0. The molecule has 0 aliphatic carbocycles. The Labute approximate surface area is 208 Å². The Balaban J connectivity index is 0.00000408. The lowest BCUT2D eigenvalue weighted by Crippen LogP contribution is -2.51. The van der Waals surface area contributed by atoms with Gasteiger partial charge in [0.1, 0.15) is 23.9 Å². The van der Waals surface area contributed by atoms with Crippen LogP contribution in [0.1, 0.15) is 49.0 Å². The van der Waals surface area contributed by atoms with Crippen molar-refractivity contribution in [2.24, 2.45) is 0 Å². The van der Waals surface area contributed by atoms with Crippen molar-refractivity contribution in [3.63, 3.8) is 0 Å². The van der Waals surface area contributed by atoms with Crippen LogP contribution >= 0.6 is 12.4 Å². The van der Waals surface area contributed by atoms with Crippen LogP contribution in [0.25, 0.3) is 0 Å². The zero-order valence-electron chi connectivity index (χ0n) is 20.2. The topological polar surface area (TPSA) is 60.0 Å². The van der Waals surface area contributed by atoms with Crippen molar-refractivity contribution in [2.75, 3.05) is 33.4 Å². The van der Waals surface area contributed by atoms with Gasteiger partial charge in [0, 0.05) is 50.4 Å². The zero-order valence-corrected chi connectivity index (χ0v) is 21.0. The molecule has 3 rings (SSSR count). The first-order valence-electron chi connectivity index (χ1n) is 11.7. The predicted octanol–water partition coefficient (Wildman–Crippen LogP) is 4.84. The maximum atomic E-state index is 13.6. The summed E-state index contributed by atoms with van der Waals surface area (Å²) in [6.07, 6.45) is 2.78. The highest BCUT2D eigenvalue weighted by Gasteiger charge is 2.29. The van der Waals surface area contributed by atoms with E-state index >= 15 is 0 Å². The third-order valence-electron chi connectivity index (χ3n) is 5.66. The van der Waals surface area contributed by atoms with E-state index in [1.54, 1.807) is 37.4 Å². The fourth-order valence-corrected chi connectivity index (χ4v) is 4.04. The van der Waals surface area contributed by atoms with E-state index in [0.717, 1.165) is 37.9 Å². The molecule has 1 N–H and O–H groups in total. The van der Waals surface area contributed by atoms with E-state index in [4.69, 9.17) is 14.2 Å². The Bertz CT molecular complexity index is 889. The molecule has 188 valence electrons. The summed E-state index contributed by atoms with van der Waals surface area (Å²) in [4.78, 5) is 15.6. The number of methoxy groups -OCH3 is 1. The first-order valence-corrected chi connectivity index (χ1v) is 11.7. The molecule has 1 aliphatic rings. The molecule has 0 bridgehead atoms. The van der Waals surface area contributed by atoms with Gasteiger partial charge in [-0.3, -0.25) is 4.79 Å². The number of nitrogens with zero attached hydrogens (tertiary/aromatic N) is 1. The van der Waals surface area contributed by atoms with E-state index in [0.29, 0.717) is 30.3 Å². The molecule has 6 nitrogen and oxygen atoms in total. The second-order valence-electron chi connectivity index (χ2n) is 8.61. The van der Waals surface area contributed by atoms with Crippen molar-refractivity contribution in [3.05, 3.63) is 59.4 Å². The van der Waals surface area contributed by atoms with Crippen molar-refractivity contribution >= 4 is 18.3 Å². The Morgan fingerprint density at radius 1 is 1.12 bits per heavy atom. The molecule has 2 aromatic rings. The summed E-state index contributed by atoms with van der Waals surface area (Å²) in [5.74, 6) is 0.797. The molecule has 1 amide bonds. The molecule has 34 heavy (non-hydrogen) atoms. The van der Waals surface area contributed by atoms with E-state index in [1.165, 1.54) is 12.1 Å². The number of rotatable bonds is 11. The number of benzene rings is 2. The van der Waals surface area contributed by atoms with E-state index in [1.807, 2.05) is 18.7 Å². The van der Waals surface area contributed by atoms with Crippen LogP contribution in [0.2, 0.25) is 0 Å². The molecule has 1 fully saturated rings. The maximum absolute atomic E-state index is 13.6. The Hall–Kier alpha value is -2.35. The number of piperidine rings is 1. The van der Waals surface area contributed by atoms with Crippen molar-refractivity contribution in [1.82, 2.24) is 10.2 Å². The average Bonchev–Trinajstić information content (AvgIpc) is 2.82. The van der Waals surface area contributed by atoms with Gasteiger partial charge in [0.25, 0.3) is 5.91 Å². The van der Waals surface area contributed by atoms with Crippen molar-refractivity contribution in [3.8, 4) is 11.5 Å². The highest BCUT2D eigenvalue weighted by Crippen LogP contribution is 2.27. The largest absolute Gasteiger partial charge is 0.493 e. The number of carbonyl (C=O) groups is 1. The molecule has 8 heteroatoms. The summed E-state index contributed by atoms with van der Waals surface area (Å²) in [5.41, 5.74) is 1.38. The fraction of sp³-hybridized carbons (Fsp3) is 0.500. The van der Waals surface area contributed by atoms with Gasteiger partial charge in [-0.25, -0.2) is 4.39 Å². The SMILES string of the molecule is COCCCOc1cc(OCc2ccc(F)cc2)cc(C(=O)N(C(C)C)[C@@H]2CCCNC2)c1.Cl. The molecule has 0 spiro atoms. The van der Waals surface area contributed by atoms with Crippen LogP contribution in [0.15, 0.2) is 42.5 Å². The molecule has 1 saturated heterocycles. The van der Waals surface area contributed by atoms with Gasteiger partial charge in [-0.1, -0.05) is 12.1 Å². The lowest BCUT2D eigenvalue weighted by Gasteiger charge is -2.37. The van der Waals surface area contributed by atoms with Crippen LogP contribution < -0.4 is 14.8 Å². The van der Waals surface area contributed by atoms with Gasteiger partial charge in [-0.15, -0.1) is 12.4 Å². The molecule has 2 aromatic carbocycles. The van der Waals surface area contributed by atoms with Gasteiger partial charge in [-0.05, 0) is 63.1 Å².